The van der Waals surface area contributed by atoms with Gasteiger partial charge in [0.2, 0.25) is 5.91 Å². The van der Waals surface area contributed by atoms with Gasteiger partial charge in [-0.3, -0.25) is 9.59 Å². The zero-order valence-corrected chi connectivity index (χ0v) is 15.6. The summed E-state index contributed by atoms with van der Waals surface area (Å²) in [6.07, 6.45) is 3.03. The number of carbonyl (C=O) groups is 3. The van der Waals surface area contributed by atoms with Crippen molar-refractivity contribution in [1.82, 2.24) is 10.2 Å². The van der Waals surface area contributed by atoms with Crippen LogP contribution in [0.15, 0.2) is 42.5 Å². The Kier molecular flexibility index (Phi) is 5.03. The number of hydrogen-bond acceptors (Lipinski definition) is 3. The number of amides is 2. The maximum Gasteiger partial charge on any atom is 0.326 e. The largest absolute Gasteiger partial charge is 0.480 e. The Hall–Kier alpha value is -2.89. The molecular weight excluding hydrogens is 356 g/mol. The summed E-state index contributed by atoms with van der Waals surface area (Å²) in [4.78, 5) is 38.2. The molecule has 28 heavy (non-hydrogen) atoms. The van der Waals surface area contributed by atoms with Crippen LogP contribution in [-0.4, -0.2) is 46.9 Å². The van der Waals surface area contributed by atoms with E-state index in [0.29, 0.717) is 18.0 Å². The molecule has 4 rings (SSSR count). The third-order valence-electron chi connectivity index (χ3n) is 6.10. The summed E-state index contributed by atoms with van der Waals surface area (Å²) in [6.45, 7) is 0.724. The zero-order valence-electron chi connectivity index (χ0n) is 15.6. The standard InChI is InChI=1S/C22H24N2O4/c25-19(24-13-17-6-3-7-18(17)20(24)22(27)28)10-11-23-21(26)16-9-8-14-4-1-2-5-15(14)12-16/h1-2,4-5,8-9,12,17-18,20H,3,6-7,10-11,13H2,(H,23,26)(H,27,28). The number of aliphatic carboxylic acids is 1. The van der Waals surface area contributed by atoms with Crippen molar-refractivity contribution in [1.29, 1.82) is 0 Å². The molecule has 6 heteroatoms. The molecule has 3 atom stereocenters. The maximum atomic E-state index is 12.6. The first-order chi connectivity index (χ1) is 13.5. The van der Waals surface area contributed by atoms with E-state index in [-0.39, 0.29) is 30.7 Å². The van der Waals surface area contributed by atoms with Crippen molar-refractivity contribution in [3.8, 4) is 0 Å². The number of fused-ring (bicyclic) bond motifs is 2. The van der Waals surface area contributed by atoms with Gasteiger partial charge < -0.3 is 15.3 Å². The molecule has 0 spiro atoms. The van der Waals surface area contributed by atoms with E-state index in [1.54, 1.807) is 6.07 Å². The predicted molar refractivity (Wildman–Crippen MR) is 105 cm³/mol. The van der Waals surface area contributed by atoms with Crippen LogP contribution in [0.4, 0.5) is 0 Å². The molecule has 3 unspecified atom stereocenters. The van der Waals surface area contributed by atoms with Gasteiger partial charge in [0.25, 0.3) is 5.91 Å². The molecule has 2 aliphatic rings. The van der Waals surface area contributed by atoms with Crippen LogP contribution in [0.25, 0.3) is 10.8 Å². The first kappa shape index (κ1) is 18.5. The van der Waals surface area contributed by atoms with Gasteiger partial charge in [-0.25, -0.2) is 4.79 Å². The number of nitrogens with zero attached hydrogens (tertiary/aromatic N) is 1. The highest BCUT2D eigenvalue weighted by atomic mass is 16.4. The number of carboxylic acids is 1. The molecule has 2 fully saturated rings. The van der Waals surface area contributed by atoms with Crippen molar-refractivity contribution in [2.75, 3.05) is 13.1 Å². The molecule has 2 amide bonds. The molecule has 1 aliphatic carbocycles. The number of hydrogen-bond donors (Lipinski definition) is 2. The Morgan fingerprint density at radius 3 is 2.64 bits per heavy atom. The van der Waals surface area contributed by atoms with E-state index < -0.39 is 12.0 Å². The maximum absolute atomic E-state index is 12.6. The lowest BCUT2D eigenvalue weighted by Gasteiger charge is -2.24. The van der Waals surface area contributed by atoms with Crippen molar-refractivity contribution in [2.45, 2.75) is 31.7 Å². The average Bonchev–Trinajstić information content (AvgIpc) is 3.28. The Labute approximate surface area is 163 Å². The summed E-state index contributed by atoms with van der Waals surface area (Å²) >= 11 is 0. The summed E-state index contributed by atoms with van der Waals surface area (Å²) in [5.74, 6) is -0.957. The number of rotatable bonds is 5. The SMILES string of the molecule is O=C(NCCC(=O)N1CC2CCCC2C1C(=O)O)c1ccc2ccccc2c1. The monoisotopic (exact) mass is 380 g/mol. The average molecular weight is 380 g/mol. The molecule has 0 bridgehead atoms. The second-order valence-corrected chi connectivity index (χ2v) is 7.75. The van der Waals surface area contributed by atoms with Crippen LogP contribution in [0.1, 0.15) is 36.0 Å². The minimum atomic E-state index is -0.914. The molecule has 0 radical (unpaired) electrons. The second kappa shape index (κ2) is 7.62. The lowest BCUT2D eigenvalue weighted by atomic mass is 9.94. The summed E-state index contributed by atoms with van der Waals surface area (Å²) < 4.78 is 0. The van der Waals surface area contributed by atoms with E-state index in [2.05, 4.69) is 5.32 Å². The molecule has 0 aromatic heterocycles. The van der Waals surface area contributed by atoms with Gasteiger partial charge >= 0.3 is 5.97 Å². The van der Waals surface area contributed by atoms with Crippen LogP contribution < -0.4 is 5.32 Å². The van der Waals surface area contributed by atoms with Gasteiger partial charge in [-0.2, -0.15) is 0 Å². The highest BCUT2D eigenvalue weighted by Gasteiger charge is 2.49. The summed E-state index contributed by atoms with van der Waals surface area (Å²) in [5.41, 5.74) is 0.547. The number of carbonyl (C=O) groups excluding carboxylic acids is 2. The van der Waals surface area contributed by atoms with Crippen molar-refractivity contribution >= 4 is 28.6 Å². The summed E-state index contributed by atoms with van der Waals surface area (Å²) in [7, 11) is 0. The van der Waals surface area contributed by atoms with E-state index in [1.807, 2.05) is 36.4 Å². The van der Waals surface area contributed by atoms with Crippen molar-refractivity contribution in [3.63, 3.8) is 0 Å². The predicted octanol–water partition coefficient (Wildman–Crippen LogP) is 2.67. The number of carboxylic acid groups (broad SMARTS) is 1. The van der Waals surface area contributed by atoms with Gasteiger partial charge in [0, 0.05) is 25.1 Å². The first-order valence-corrected chi connectivity index (χ1v) is 9.84. The third kappa shape index (κ3) is 3.46. The van der Waals surface area contributed by atoms with Gasteiger partial charge in [0.15, 0.2) is 0 Å². The minimum Gasteiger partial charge on any atom is -0.480 e. The van der Waals surface area contributed by atoms with Crippen LogP contribution in [0, 0.1) is 11.8 Å². The molecular formula is C22H24N2O4. The van der Waals surface area contributed by atoms with E-state index in [9.17, 15) is 19.5 Å². The highest BCUT2D eigenvalue weighted by Crippen LogP contribution is 2.42. The van der Waals surface area contributed by atoms with Crippen LogP contribution in [0.2, 0.25) is 0 Å². The van der Waals surface area contributed by atoms with Crippen LogP contribution in [-0.2, 0) is 9.59 Å². The highest BCUT2D eigenvalue weighted by molar-refractivity contribution is 5.98. The Balaban J connectivity index is 1.34. The number of nitrogens with one attached hydrogen (secondary N) is 1. The fourth-order valence-electron chi connectivity index (χ4n) is 4.74. The molecule has 2 aromatic carbocycles. The van der Waals surface area contributed by atoms with Gasteiger partial charge in [0.1, 0.15) is 6.04 Å². The molecule has 2 aromatic rings. The number of benzene rings is 2. The van der Waals surface area contributed by atoms with Crippen LogP contribution in [0.3, 0.4) is 0 Å². The smallest absolute Gasteiger partial charge is 0.326 e. The Morgan fingerprint density at radius 2 is 1.86 bits per heavy atom. The van der Waals surface area contributed by atoms with E-state index >= 15 is 0 Å². The van der Waals surface area contributed by atoms with Crippen molar-refractivity contribution in [2.24, 2.45) is 11.8 Å². The fraction of sp³-hybridized carbons (Fsp3) is 0.409. The topological polar surface area (TPSA) is 86.7 Å². The van der Waals surface area contributed by atoms with Crippen LogP contribution in [0.5, 0.6) is 0 Å². The molecule has 1 heterocycles. The molecule has 1 aliphatic heterocycles. The van der Waals surface area contributed by atoms with Crippen molar-refractivity contribution in [3.05, 3.63) is 48.0 Å². The lowest BCUT2D eigenvalue weighted by Crippen LogP contribution is -2.44. The quantitative estimate of drug-likeness (QED) is 0.835. The normalized spacial score (nSPS) is 23.6. The van der Waals surface area contributed by atoms with Gasteiger partial charge in [-0.1, -0.05) is 36.8 Å². The van der Waals surface area contributed by atoms with E-state index in [4.69, 9.17) is 0 Å². The second-order valence-electron chi connectivity index (χ2n) is 7.75. The van der Waals surface area contributed by atoms with Gasteiger partial charge in [-0.05, 0) is 47.6 Å². The molecule has 2 N–H and O–H groups in total. The van der Waals surface area contributed by atoms with E-state index in [0.717, 1.165) is 30.0 Å². The first-order valence-electron chi connectivity index (χ1n) is 9.84. The third-order valence-corrected chi connectivity index (χ3v) is 6.10. The van der Waals surface area contributed by atoms with Gasteiger partial charge in [-0.15, -0.1) is 0 Å². The molecule has 1 saturated carbocycles. The van der Waals surface area contributed by atoms with E-state index in [1.165, 1.54) is 4.90 Å². The summed E-state index contributed by atoms with van der Waals surface area (Å²) in [5, 5.41) is 14.4. The lowest BCUT2D eigenvalue weighted by molar-refractivity contribution is -0.149. The zero-order chi connectivity index (χ0) is 19.7. The van der Waals surface area contributed by atoms with Crippen LogP contribution >= 0.6 is 0 Å². The Bertz CT molecular complexity index is 926. The molecule has 1 saturated heterocycles. The fourth-order valence-corrected chi connectivity index (χ4v) is 4.74. The number of likely N-dealkylation sites (tertiary alicyclic amines) is 1. The molecule has 6 nitrogen and oxygen atoms in total. The summed E-state index contributed by atoms with van der Waals surface area (Å²) in [6, 6.07) is 12.6. The minimum absolute atomic E-state index is 0.0774. The molecule has 146 valence electrons. The van der Waals surface area contributed by atoms with Crippen molar-refractivity contribution < 1.29 is 19.5 Å². The Morgan fingerprint density at radius 1 is 1.07 bits per heavy atom. The van der Waals surface area contributed by atoms with Gasteiger partial charge in [0.05, 0.1) is 0 Å².